The van der Waals surface area contributed by atoms with E-state index in [0.29, 0.717) is 12.4 Å². The molecule has 0 radical (unpaired) electrons. The van der Waals surface area contributed by atoms with Gasteiger partial charge in [0.2, 0.25) is 11.8 Å². The molecule has 2 amide bonds. The Bertz CT molecular complexity index is 911. The molecule has 1 aromatic heterocycles. The van der Waals surface area contributed by atoms with Gasteiger partial charge < -0.3 is 10.2 Å². The molecular formula is C26H40N4O2. The van der Waals surface area contributed by atoms with E-state index in [1.807, 2.05) is 51.1 Å². The van der Waals surface area contributed by atoms with Crippen LogP contribution in [0, 0.1) is 12.8 Å². The van der Waals surface area contributed by atoms with Gasteiger partial charge in [-0.05, 0) is 38.3 Å². The maximum atomic E-state index is 13.0. The van der Waals surface area contributed by atoms with Crippen LogP contribution < -0.4 is 5.32 Å². The SMILES string of the molecule is CCCCC(CC)C(=O)N(CC)CC(=O)Nc1cc(C(C)(C)C)nn1-c1ccccc1C. The predicted octanol–water partition coefficient (Wildman–Crippen LogP) is 5.48. The molecule has 1 N–H and O–H groups in total. The first-order chi connectivity index (χ1) is 15.1. The third-order valence-corrected chi connectivity index (χ3v) is 5.86. The fraction of sp³-hybridized carbons (Fsp3) is 0.577. The summed E-state index contributed by atoms with van der Waals surface area (Å²) in [5, 5.41) is 7.81. The Morgan fingerprint density at radius 3 is 2.41 bits per heavy atom. The van der Waals surface area contributed by atoms with Crippen molar-refractivity contribution in [2.24, 2.45) is 5.92 Å². The number of carbonyl (C=O) groups is 2. The first-order valence-electron chi connectivity index (χ1n) is 11.9. The molecule has 0 saturated heterocycles. The standard InChI is InChI=1S/C26H40N4O2/c1-8-11-15-20(9-2)25(32)29(10-3)18-24(31)27-23-17-22(26(5,6)7)28-30(23)21-16-13-12-14-19(21)4/h12-14,16-17,20H,8-11,15,18H2,1-7H3,(H,27,31). The van der Waals surface area contributed by atoms with Gasteiger partial charge in [-0.3, -0.25) is 9.59 Å². The van der Waals surface area contributed by atoms with Crippen LogP contribution in [0.3, 0.4) is 0 Å². The van der Waals surface area contributed by atoms with Crippen molar-refractivity contribution in [1.82, 2.24) is 14.7 Å². The highest BCUT2D eigenvalue weighted by molar-refractivity contribution is 5.94. The number of rotatable bonds is 10. The fourth-order valence-corrected chi connectivity index (χ4v) is 3.73. The zero-order valence-electron chi connectivity index (χ0n) is 20.9. The van der Waals surface area contributed by atoms with Gasteiger partial charge in [-0.1, -0.05) is 65.7 Å². The molecule has 2 rings (SSSR count). The number of aromatic nitrogens is 2. The van der Waals surface area contributed by atoms with Gasteiger partial charge in [-0.25, -0.2) is 4.68 Å². The summed E-state index contributed by atoms with van der Waals surface area (Å²) in [6.45, 7) is 15.0. The van der Waals surface area contributed by atoms with Gasteiger partial charge in [0.05, 0.1) is 17.9 Å². The van der Waals surface area contributed by atoms with Gasteiger partial charge in [0, 0.05) is 23.9 Å². The number of aryl methyl sites for hydroxylation is 1. The van der Waals surface area contributed by atoms with Gasteiger partial charge in [-0.2, -0.15) is 5.10 Å². The van der Waals surface area contributed by atoms with E-state index in [0.717, 1.165) is 42.6 Å². The molecule has 1 aromatic carbocycles. The first-order valence-corrected chi connectivity index (χ1v) is 11.9. The van der Waals surface area contributed by atoms with Gasteiger partial charge >= 0.3 is 0 Å². The molecule has 0 bridgehead atoms. The van der Waals surface area contributed by atoms with Crippen molar-refractivity contribution in [3.63, 3.8) is 0 Å². The van der Waals surface area contributed by atoms with Crippen LogP contribution in [0.5, 0.6) is 0 Å². The zero-order valence-corrected chi connectivity index (χ0v) is 20.9. The lowest BCUT2D eigenvalue weighted by molar-refractivity contribution is -0.138. The number of hydrogen-bond donors (Lipinski definition) is 1. The number of nitrogens with one attached hydrogen (secondary N) is 1. The Hall–Kier alpha value is -2.63. The average molecular weight is 441 g/mol. The molecule has 1 unspecified atom stereocenters. The van der Waals surface area contributed by atoms with Crippen LogP contribution in [0.1, 0.15) is 78.5 Å². The second-order valence-corrected chi connectivity index (χ2v) is 9.51. The molecular weight excluding hydrogens is 400 g/mol. The molecule has 2 aromatic rings. The molecule has 6 heteroatoms. The van der Waals surface area contributed by atoms with Crippen molar-refractivity contribution in [3.8, 4) is 5.69 Å². The summed E-state index contributed by atoms with van der Waals surface area (Å²) in [6.07, 6.45) is 3.76. The Balaban J connectivity index is 2.25. The summed E-state index contributed by atoms with van der Waals surface area (Å²) in [5.41, 5.74) is 2.72. The van der Waals surface area contributed by atoms with Crippen LogP contribution in [-0.2, 0) is 15.0 Å². The Morgan fingerprint density at radius 2 is 1.84 bits per heavy atom. The van der Waals surface area contributed by atoms with E-state index in [4.69, 9.17) is 5.10 Å². The van der Waals surface area contributed by atoms with E-state index >= 15 is 0 Å². The molecule has 32 heavy (non-hydrogen) atoms. The molecule has 0 aliphatic carbocycles. The molecule has 0 spiro atoms. The quantitative estimate of drug-likeness (QED) is 0.532. The second kappa shape index (κ2) is 11.3. The highest BCUT2D eigenvalue weighted by atomic mass is 16.2. The van der Waals surface area contributed by atoms with E-state index in [1.165, 1.54) is 0 Å². The largest absolute Gasteiger partial charge is 0.333 e. The third-order valence-electron chi connectivity index (χ3n) is 5.86. The van der Waals surface area contributed by atoms with Crippen LogP contribution in [0.2, 0.25) is 0 Å². The molecule has 1 heterocycles. The van der Waals surface area contributed by atoms with Crippen molar-refractivity contribution in [2.75, 3.05) is 18.4 Å². The second-order valence-electron chi connectivity index (χ2n) is 9.51. The Kier molecular flexibility index (Phi) is 9.05. The van der Waals surface area contributed by atoms with Crippen molar-refractivity contribution < 1.29 is 9.59 Å². The van der Waals surface area contributed by atoms with Crippen molar-refractivity contribution >= 4 is 17.6 Å². The summed E-state index contributed by atoms with van der Waals surface area (Å²) in [5.74, 6) is 0.463. The summed E-state index contributed by atoms with van der Waals surface area (Å²) >= 11 is 0. The smallest absolute Gasteiger partial charge is 0.245 e. The lowest BCUT2D eigenvalue weighted by Crippen LogP contribution is -2.41. The van der Waals surface area contributed by atoms with E-state index in [9.17, 15) is 9.59 Å². The number of para-hydroxylation sites is 1. The minimum atomic E-state index is -0.208. The molecule has 0 aliphatic rings. The number of likely N-dealkylation sites (N-methyl/N-ethyl adjacent to an activating group) is 1. The highest BCUT2D eigenvalue weighted by Gasteiger charge is 2.25. The minimum Gasteiger partial charge on any atom is -0.333 e. The lowest BCUT2D eigenvalue weighted by atomic mass is 9.92. The van der Waals surface area contributed by atoms with E-state index in [-0.39, 0.29) is 29.7 Å². The number of hydrogen-bond acceptors (Lipinski definition) is 3. The fourth-order valence-electron chi connectivity index (χ4n) is 3.73. The van der Waals surface area contributed by atoms with E-state index in [1.54, 1.807) is 9.58 Å². The van der Waals surface area contributed by atoms with Crippen LogP contribution in [0.4, 0.5) is 5.82 Å². The Labute approximate surface area is 193 Å². The van der Waals surface area contributed by atoms with Crippen LogP contribution >= 0.6 is 0 Å². The normalized spacial score (nSPS) is 12.5. The summed E-state index contributed by atoms with van der Waals surface area (Å²) in [4.78, 5) is 27.7. The molecule has 176 valence electrons. The van der Waals surface area contributed by atoms with Gasteiger partial charge in [-0.15, -0.1) is 0 Å². The monoisotopic (exact) mass is 440 g/mol. The van der Waals surface area contributed by atoms with Crippen molar-refractivity contribution in [1.29, 1.82) is 0 Å². The summed E-state index contributed by atoms with van der Waals surface area (Å²) in [7, 11) is 0. The maximum Gasteiger partial charge on any atom is 0.245 e. The van der Waals surface area contributed by atoms with Crippen LogP contribution in [0.25, 0.3) is 5.69 Å². The number of anilines is 1. The highest BCUT2D eigenvalue weighted by Crippen LogP contribution is 2.27. The molecule has 6 nitrogen and oxygen atoms in total. The summed E-state index contributed by atoms with van der Waals surface area (Å²) < 4.78 is 1.79. The lowest BCUT2D eigenvalue weighted by Gasteiger charge is -2.25. The average Bonchev–Trinajstić information content (AvgIpc) is 3.16. The number of nitrogens with zero attached hydrogens (tertiary/aromatic N) is 3. The van der Waals surface area contributed by atoms with E-state index < -0.39 is 0 Å². The Morgan fingerprint density at radius 1 is 1.16 bits per heavy atom. The predicted molar refractivity (Wildman–Crippen MR) is 131 cm³/mol. The van der Waals surface area contributed by atoms with Crippen molar-refractivity contribution in [2.45, 2.75) is 79.6 Å². The topological polar surface area (TPSA) is 67.2 Å². The zero-order chi connectivity index (χ0) is 23.9. The van der Waals surface area contributed by atoms with Crippen molar-refractivity contribution in [3.05, 3.63) is 41.6 Å². The number of carbonyl (C=O) groups excluding carboxylic acids is 2. The molecule has 0 aliphatic heterocycles. The van der Waals surface area contributed by atoms with Gasteiger partial charge in [0.15, 0.2) is 0 Å². The maximum absolute atomic E-state index is 13.0. The summed E-state index contributed by atoms with van der Waals surface area (Å²) in [6, 6.07) is 9.90. The number of benzene rings is 1. The molecule has 0 fully saturated rings. The number of unbranched alkanes of at least 4 members (excludes halogenated alkanes) is 1. The number of amides is 2. The first kappa shape index (κ1) is 25.6. The molecule has 1 atom stereocenters. The van der Waals surface area contributed by atoms with Crippen LogP contribution in [0.15, 0.2) is 30.3 Å². The minimum absolute atomic E-state index is 0.0207. The van der Waals surface area contributed by atoms with Crippen LogP contribution in [-0.4, -0.2) is 39.6 Å². The van der Waals surface area contributed by atoms with Gasteiger partial charge in [0.1, 0.15) is 5.82 Å². The third kappa shape index (κ3) is 6.44. The van der Waals surface area contributed by atoms with Gasteiger partial charge in [0.25, 0.3) is 0 Å². The van der Waals surface area contributed by atoms with E-state index in [2.05, 4.69) is 33.0 Å². The molecule has 0 saturated carbocycles.